The van der Waals surface area contributed by atoms with Gasteiger partial charge in [-0.3, -0.25) is 4.79 Å². The average molecular weight is 431 g/mol. The molecule has 0 radical (unpaired) electrons. The third-order valence-corrected chi connectivity index (χ3v) is 6.30. The molecule has 0 bridgehead atoms. The van der Waals surface area contributed by atoms with Crippen molar-refractivity contribution in [1.82, 2.24) is 9.47 Å². The van der Waals surface area contributed by atoms with Gasteiger partial charge in [-0.15, -0.1) is 0 Å². The Balaban J connectivity index is 1.52. The summed E-state index contributed by atoms with van der Waals surface area (Å²) in [4.78, 5) is 14.1. The summed E-state index contributed by atoms with van der Waals surface area (Å²) in [5.74, 6) is 0. The Kier molecular flexibility index (Phi) is 6.58. The first kappa shape index (κ1) is 22.1. The van der Waals surface area contributed by atoms with E-state index in [1.165, 1.54) is 5.56 Å². The molecule has 2 aromatic carbocycles. The van der Waals surface area contributed by atoms with Gasteiger partial charge in [-0.05, 0) is 54.2 Å². The van der Waals surface area contributed by atoms with Gasteiger partial charge in [-0.25, -0.2) is 0 Å². The van der Waals surface area contributed by atoms with E-state index in [1.807, 2.05) is 24.3 Å². The smallest absolute Gasteiger partial charge is 0.250 e. The van der Waals surface area contributed by atoms with Crippen LogP contribution >= 0.6 is 0 Å². The largest absolute Gasteiger partial charge is 0.396 e. The molecule has 0 spiro atoms. The van der Waals surface area contributed by atoms with Gasteiger partial charge < -0.3 is 19.3 Å². The highest BCUT2D eigenvalue weighted by atomic mass is 16.5. The zero-order valence-electron chi connectivity index (χ0n) is 18.6. The van der Waals surface area contributed by atoms with Gasteiger partial charge >= 0.3 is 0 Å². The van der Waals surface area contributed by atoms with Crippen LogP contribution in [0, 0.1) is 0 Å². The molecule has 32 heavy (non-hydrogen) atoms. The number of rotatable bonds is 7. The first-order chi connectivity index (χ1) is 15.5. The van der Waals surface area contributed by atoms with Crippen LogP contribution in [-0.4, -0.2) is 27.9 Å². The Morgan fingerprint density at radius 1 is 1.06 bits per heavy atom. The van der Waals surface area contributed by atoms with E-state index < -0.39 is 5.60 Å². The number of nitrogens with zero attached hydrogens (tertiary/aromatic N) is 2. The lowest BCUT2D eigenvalue weighted by atomic mass is 9.88. The summed E-state index contributed by atoms with van der Waals surface area (Å²) < 4.78 is 7.99. The molecular weight excluding hydrogens is 400 g/mol. The Morgan fingerprint density at radius 2 is 1.81 bits per heavy atom. The normalized spacial score (nSPS) is 19.2. The van der Waals surface area contributed by atoms with Crippen LogP contribution in [0.1, 0.15) is 36.9 Å². The highest BCUT2D eigenvalue weighted by molar-refractivity contribution is 5.63. The van der Waals surface area contributed by atoms with Crippen molar-refractivity contribution in [3.63, 3.8) is 0 Å². The van der Waals surface area contributed by atoms with Crippen molar-refractivity contribution in [2.45, 2.75) is 31.4 Å². The lowest BCUT2D eigenvalue weighted by Crippen LogP contribution is -2.38. The summed E-state index contributed by atoms with van der Waals surface area (Å²) in [6.07, 6.45) is 7.44. The van der Waals surface area contributed by atoms with Crippen molar-refractivity contribution < 1.29 is 9.84 Å². The molecule has 4 rings (SSSR count). The fourth-order valence-corrected chi connectivity index (χ4v) is 4.15. The van der Waals surface area contributed by atoms with Gasteiger partial charge in [-0.1, -0.05) is 54.6 Å². The zero-order valence-corrected chi connectivity index (χ0v) is 18.6. The summed E-state index contributed by atoms with van der Waals surface area (Å²) in [7, 11) is 1.75. The van der Waals surface area contributed by atoms with Crippen LogP contribution in [0.5, 0.6) is 0 Å². The van der Waals surface area contributed by atoms with Gasteiger partial charge in [0.15, 0.2) is 0 Å². The monoisotopic (exact) mass is 430 g/mol. The Morgan fingerprint density at radius 3 is 2.44 bits per heavy atom. The Labute approximate surface area is 189 Å². The number of benzene rings is 2. The molecular formula is C27H30N2O3. The Hall–Kier alpha value is -3.15. The molecule has 0 amide bonds. The predicted molar refractivity (Wildman–Crippen MR) is 127 cm³/mol. The quantitative estimate of drug-likeness (QED) is 0.596. The molecule has 3 aromatic rings. The van der Waals surface area contributed by atoms with E-state index in [2.05, 4.69) is 60.5 Å². The second-order valence-electron chi connectivity index (χ2n) is 8.35. The lowest BCUT2D eigenvalue weighted by Gasteiger charge is -2.40. The fraction of sp³-hybridized carbons (Fsp3) is 0.296. The van der Waals surface area contributed by atoms with Gasteiger partial charge in [0.1, 0.15) is 12.3 Å². The SMILES string of the molecule is C[C@@H](c1ccc(-c2ccn(C)c(=O)c2)cc1)N1C=CC(CCCO)(c2ccccc2)OC1. The van der Waals surface area contributed by atoms with E-state index in [0.29, 0.717) is 13.2 Å². The molecule has 1 unspecified atom stereocenters. The standard InChI is InChI=1S/C27H30N2O3/c1-21(22-9-11-23(12-10-22)24-13-16-28(2)26(31)19-24)29-17-15-27(32-20-29,14-6-18-30)25-7-4-3-5-8-25/h3-5,7-13,15-17,19,21,30H,6,14,18,20H2,1-2H3/t21-,27?/m0/s1. The number of ether oxygens (including phenoxy) is 1. The molecule has 1 aliphatic heterocycles. The van der Waals surface area contributed by atoms with Gasteiger partial charge in [-0.2, -0.15) is 0 Å². The molecule has 0 saturated heterocycles. The van der Waals surface area contributed by atoms with Crippen LogP contribution in [-0.2, 0) is 17.4 Å². The molecule has 2 atom stereocenters. The molecule has 1 aromatic heterocycles. The van der Waals surface area contributed by atoms with E-state index in [4.69, 9.17) is 4.74 Å². The van der Waals surface area contributed by atoms with Gasteiger partial charge in [0, 0.05) is 32.1 Å². The molecule has 5 heteroatoms. The van der Waals surface area contributed by atoms with Crippen LogP contribution in [0.15, 0.2) is 90.0 Å². The summed E-state index contributed by atoms with van der Waals surface area (Å²) in [6.45, 7) is 2.77. The zero-order chi connectivity index (χ0) is 22.6. The summed E-state index contributed by atoms with van der Waals surface area (Å²) in [6, 6.07) is 22.3. The molecule has 2 heterocycles. The minimum absolute atomic E-state index is 0.0151. The van der Waals surface area contributed by atoms with Gasteiger partial charge in [0.05, 0.1) is 6.04 Å². The summed E-state index contributed by atoms with van der Waals surface area (Å²) in [5, 5.41) is 9.37. The van der Waals surface area contributed by atoms with Crippen LogP contribution in [0.25, 0.3) is 11.1 Å². The Bertz CT molecular complexity index is 1120. The van der Waals surface area contributed by atoms with E-state index in [9.17, 15) is 9.90 Å². The minimum atomic E-state index is -0.510. The molecule has 0 fully saturated rings. The number of pyridine rings is 1. The molecule has 1 aliphatic rings. The first-order valence-corrected chi connectivity index (χ1v) is 11.0. The van der Waals surface area contributed by atoms with E-state index in [0.717, 1.165) is 23.1 Å². The van der Waals surface area contributed by atoms with Crippen molar-refractivity contribution in [3.05, 3.63) is 107 Å². The average Bonchev–Trinajstić information content (AvgIpc) is 2.85. The van der Waals surface area contributed by atoms with Crippen molar-refractivity contribution in [3.8, 4) is 11.1 Å². The third kappa shape index (κ3) is 4.54. The molecule has 0 aliphatic carbocycles. The number of aliphatic hydroxyl groups excluding tert-OH is 1. The van der Waals surface area contributed by atoms with Crippen molar-refractivity contribution >= 4 is 0 Å². The summed E-state index contributed by atoms with van der Waals surface area (Å²) in [5.41, 5.74) is 3.70. The lowest BCUT2D eigenvalue weighted by molar-refractivity contribution is -0.0887. The minimum Gasteiger partial charge on any atom is -0.396 e. The van der Waals surface area contributed by atoms with E-state index >= 15 is 0 Å². The fourth-order valence-electron chi connectivity index (χ4n) is 4.15. The third-order valence-electron chi connectivity index (χ3n) is 6.30. The molecule has 0 saturated carbocycles. The molecule has 166 valence electrons. The topological polar surface area (TPSA) is 54.7 Å². The maximum Gasteiger partial charge on any atom is 0.250 e. The van der Waals surface area contributed by atoms with Crippen molar-refractivity contribution in [2.24, 2.45) is 7.05 Å². The number of aryl methyl sites for hydroxylation is 1. The van der Waals surface area contributed by atoms with Crippen LogP contribution in [0.4, 0.5) is 0 Å². The maximum absolute atomic E-state index is 11.9. The van der Waals surface area contributed by atoms with E-state index in [-0.39, 0.29) is 18.2 Å². The number of aliphatic hydroxyl groups is 1. The first-order valence-electron chi connectivity index (χ1n) is 11.0. The summed E-state index contributed by atoms with van der Waals surface area (Å²) >= 11 is 0. The number of hydrogen-bond acceptors (Lipinski definition) is 4. The highest BCUT2D eigenvalue weighted by Crippen LogP contribution is 2.37. The van der Waals surface area contributed by atoms with Gasteiger partial charge in [0.25, 0.3) is 5.56 Å². The maximum atomic E-state index is 11.9. The van der Waals surface area contributed by atoms with Crippen molar-refractivity contribution in [1.29, 1.82) is 0 Å². The molecule has 5 nitrogen and oxygen atoms in total. The van der Waals surface area contributed by atoms with Crippen LogP contribution < -0.4 is 5.56 Å². The predicted octanol–water partition coefficient (Wildman–Crippen LogP) is 4.58. The van der Waals surface area contributed by atoms with E-state index in [1.54, 1.807) is 23.9 Å². The number of hydrogen-bond donors (Lipinski definition) is 1. The van der Waals surface area contributed by atoms with Crippen LogP contribution in [0.3, 0.4) is 0 Å². The second-order valence-corrected chi connectivity index (χ2v) is 8.35. The van der Waals surface area contributed by atoms with Crippen LogP contribution in [0.2, 0.25) is 0 Å². The highest BCUT2D eigenvalue weighted by Gasteiger charge is 2.34. The molecule has 1 N–H and O–H groups in total. The number of aromatic nitrogens is 1. The van der Waals surface area contributed by atoms with Gasteiger partial charge in [0.2, 0.25) is 0 Å². The second kappa shape index (κ2) is 9.55. The van der Waals surface area contributed by atoms with Crippen molar-refractivity contribution in [2.75, 3.05) is 13.3 Å².